The SMILES string of the molecule is CCOC(=O)CCc1ccc(Cc2ccccc2)nc1NC(=O)C(C)(C)C. The molecule has 0 bridgehead atoms. The van der Waals surface area contributed by atoms with Crippen LogP contribution in [-0.4, -0.2) is 23.5 Å². The van der Waals surface area contributed by atoms with E-state index in [4.69, 9.17) is 4.74 Å². The number of aromatic nitrogens is 1. The fourth-order valence-corrected chi connectivity index (χ4v) is 2.51. The fourth-order valence-electron chi connectivity index (χ4n) is 2.51. The van der Waals surface area contributed by atoms with Crippen LogP contribution in [0, 0.1) is 5.41 Å². The predicted octanol–water partition coefficient (Wildman–Crippen LogP) is 4.15. The molecule has 2 rings (SSSR count). The van der Waals surface area contributed by atoms with Crippen LogP contribution in [-0.2, 0) is 27.2 Å². The van der Waals surface area contributed by atoms with E-state index in [9.17, 15) is 9.59 Å². The Balaban J connectivity index is 2.23. The summed E-state index contributed by atoms with van der Waals surface area (Å²) in [6.45, 7) is 7.71. The molecule has 0 radical (unpaired) electrons. The number of nitrogens with one attached hydrogen (secondary N) is 1. The van der Waals surface area contributed by atoms with Crippen molar-refractivity contribution in [1.82, 2.24) is 4.98 Å². The van der Waals surface area contributed by atoms with Crippen LogP contribution < -0.4 is 5.32 Å². The standard InChI is InChI=1S/C22H28N2O3/c1-5-27-19(25)14-12-17-11-13-18(15-16-9-7-6-8-10-16)23-20(17)24-21(26)22(2,3)4/h6-11,13H,5,12,14-15H2,1-4H3,(H,23,24,26). The molecule has 0 unspecified atom stereocenters. The van der Waals surface area contributed by atoms with E-state index in [0.717, 1.165) is 16.8 Å². The molecule has 2 aromatic rings. The Kier molecular flexibility index (Phi) is 7.11. The summed E-state index contributed by atoms with van der Waals surface area (Å²) in [6, 6.07) is 13.9. The predicted molar refractivity (Wildman–Crippen MR) is 107 cm³/mol. The summed E-state index contributed by atoms with van der Waals surface area (Å²) in [4.78, 5) is 28.8. The van der Waals surface area contributed by atoms with E-state index in [2.05, 4.69) is 10.3 Å². The number of pyridine rings is 1. The average molecular weight is 368 g/mol. The highest BCUT2D eigenvalue weighted by molar-refractivity contribution is 5.94. The molecule has 0 aliphatic heterocycles. The van der Waals surface area contributed by atoms with E-state index in [0.29, 0.717) is 25.3 Å². The molecular formula is C22H28N2O3. The number of amides is 1. The van der Waals surface area contributed by atoms with Crippen LogP contribution in [0.5, 0.6) is 0 Å². The van der Waals surface area contributed by atoms with Crippen LogP contribution in [0.2, 0.25) is 0 Å². The van der Waals surface area contributed by atoms with Gasteiger partial charge in [0.2, 0.25) is 5.91 Å². The van der Waals surface area contributed by atoms with E-state index in [1.54, 1.807) is 6.92 Å². The Bertz CT molecular complexity index is 780. The number of carbonyl (C=O) groups excluding carboxylic acids is 2. The van der Waals surface area contributed by atoms with E-state index >= 15 is 0 Å². The topological polar surface area (TPSA) is 68.3 Å². The number of carbonyl (C=O) groups is 2. The molecule has 144 valence electrons. The number of nitrogens with zero attached hydrogens (tertiary/aromatic N) is 1. The number of hydrogen-bond acceptors (Lipinski definition) is 4. The Morgan fingerprint density at radius 2 is 1.78 bits per heavy atom. The molecule has 0 atom stereocenters. The molecule has 0 spiro atoms. The van der Waals surface area contributed by atoms with Gasteiger partial charge in [0.25, 0.3) is 0 Å². The summed E-state index contributed by atoms with van der Waals surface area (Å²) in [5.41, 5.74) is 2.32. The van der Waals surface area contributed by atoms with Crippen molar-refractivity contribution in [3.05, 3.63) is 59.3 Å². The van der Waals surface area contributed by atoms with Gasteiger partial charge in [0, 0.05) is 24.0 Å². The Morgan fingerprint density at radius 1 is 1.07 bits per heavy atom. The van der Waals surface area contributed by atoms with Gasteiger partial charge < -0.3 is 10.1 Å². The lowest BCUT2D eigenvalue weighted by Crippen LogP contribution is -2.28. The molecule has 5 nitrogen and oxygen atoms in total. The van der Waals surface area contributed by atoms with Crippen molar-refractivity contribution >= 4 is 17.7 Å². The molecule has 1 N–H and O–H groups in total. The summed E-state index contributed by atoms with van der Waals surface area (Å²) in [7, 11) is 0. The second-order valence-corrected chi connectivity index (χ2v) is 7.48. The van der Waals surface area contributed by atoms with Crippen LogP contribution in [0.4, 0.5) is 5.82 Å². The number of esters is 1. The van der Waals surface area contributed by atoms with Gasteiger partial charge in [-0.15, -0.1) is 0 Å². The van der Waals surface area contributed by atoms with Crippen LogP contribution in [0.3, 0.4) is 0 Å². The summed E-state index contributed by atoms with van der Waals surface area (Å²) in [5, 5.41) is 2.93. The van der Waals surface area contributed by atoms with Crippen LogP contribution >= 0.6 is 0 Å². The van der Waals surface area contributed by atoms with Crippen LogP contribution in [0.1, 0.15) is 50.9 Å². The number of aryl methyl sites for hydroxylation is 1. The number of benzene rings is 1. The second kappa shape index (κ2) is 9.31. The zero-order valence-electron chi connectivity index (χ0n) is 16.5. The molecule has 0 saturated heterocycles. The lowest BCUT2D eigenvalue weighted by Gasteiger charge is -2.19. The zero-order valence-corrected chi connectivity index (χ0v) is 16.5. The molecule has 0 fully saturated rings. The third-order valence-electron chi connectivity index (χ3n) is 4.08. The average Bonchev–Trinajstić information content (AvgIpc) is 2.61. The summed E-state index contributed by atoms with van der Waals surface area (Å²) >= 11 is 0. The quantitative estimate of drug-likeness (QED) is 0.746. The van der Waals surface area contributed by atoms with Gasteiger partial charge in [0.15, 0.2) is 0 Å². The molecule has 1 amide bonds. The van der Waals surface area contributed by atoms with Gasteiger partial charge >= 0.3 is 5.97 Å². The lowest BCUT2D eigenvalue weighted by atomic mass is 9.95. The largest absolute Gasteiger partial charge is 0.466 e. The third-order valence-corrected chi connectivity index (χ3v) is 4.08. The summed E-state index contributed by atoms with van der Waals surface area (Å²) in [5.74, 6) is 0.163. The van der Waals surface area contributed by atoms with Gasteiger partial charge in [-0.2, -0.15) is 0 Å². The maximum absolute atomic E-state index is 12.5. The molecule has 0 aliphatic carbocycles. The van der Waals surface area contributed by atoms with Crippen molar-refractivity contribution in [2.24, 2.45) is 5.41 Å². The maximum Gasteiger partial charge on any atom is 0.306 e. The minimum Gasteiger partial charge on any atom is -0.466 e. The zero-order chi connectivity index (χ0) is 19.9. The highest BCUT2D eigenvalue weighted by Crippen LogP contribution is 2.22. The van der Waals surface area contributed by atoms with Crippen molar-refractivity contribution in [3.63, 3.8) is 0 Å². The van der Waals surface area contributed by atoms with Crippen molar-refractivity contribution < 1.29 is 14.3 Å². The fraction of sp³-hybridized carbons (Fsp3) is 0.409. The van der Waals surface area contributed by atoms with E-state index in [1.165, 1.54) is 0 Å². The number of rotatable bonds is 7. The molecule has 1 aromatic heterocycles. The number of hydrogen-bond donors (Lipinski definition) is 1. The highest BCUT2D eigenvalue weighted by Gasteiger charge is 2.23. The Labute approximate surface area is 161 Å². The third kappa shape index (κ3) is 6.51. The lowest BCUT2D eigenvalue weighted by molar-refractivity contribution is -0.143. The monoisotopic (exact) mass is 368 g/mol. The van der Waals surface area contributed by atoms with Crippen molar-refractivity contribution in [2.75, 3.05) is 11.9 Å². The first-order chi connectivity index (χ1) is 12.8. The van der Waals surface area contributed by atoms with Crippen LogP contribution in [0.15, 0.2) is 42.5 Å². The van der Waals surface area contributed by atoms with Gasteiger partial charge in [-0.1, -0.05) is 57.2 Å². The molecular weight excluding hydrogens is 340 g/mol. The molecule has 0 aliphatic rings. The van der Waals surface area contributed by atoms with Crippen molar-refractivity contribution in [1.29, 1.82) is 0 Å². The minimum absolute atomic E-state index is 0.107. The van der Waals surface area contributed by atoms with E-state index in [1.807, 2.05) is 63.2 Å². The summed E-state index contributed by atoms with van der Waals surface area (Å²) in [6.07, 6.45) is 1.40. The van der Waals surface area contributed by atoms with Crippen molar-refractivity contribution in [3.8, 4) is 0 Å². The molecule has 5 heteroatoms. The summed E-state index contributed by atoms with van der Waals surface area (Å²) < 4.78 is 4.99. The van der Waals surface area contributed by atoms with E-state index < -0.39 is 5.41 Å². The van der Waals surface area contributed by atoms with Gasteiger partial charge in [0.1, 0.15) is 5.82 Å². The number of anilines is 1. The first kappa shape index (κ1) is 20.6. The van der Waals surface area contributed by atoms with Gasteiger partial charge in [0.05, 0.1) is 6.61 Å². The molecule has 1 heterocycles. The van der Waals surface area contributed by atoms with Crippen LogP contribution in [0.25, 0.3) is 0 Å². The first-order valence-electron chi connectivity index (χ1n) is 9.29. The number of ether oxygens (including phenoxy) is 1. The Morgan fingerprint density at radius 3 is 2.41 bits per heavy atom. The minimum atomic E-state index is -0.532. The van der Waals surface area contributed by atoms with E-state index in [-0.39, 0.29) is 18.3 Å². The van der Waals surface area contributed by atoms with Crippen molar-refractivity contribution in [2.45, 2.75) is 47.0 Å². The molecule has 0 saturated carbocycles. The maximum atomic E-state index is 12.5. The Hall–Kier alpha value is -2.69. The second-order valence-electron chi connectivity index (χ2n) is 7.48. The van der Waals surface area contributed by atoms with Gasteiger partial charge in [-0.05, 0) is 30.5 Å². The first-order valence-corrected chi connectivity index (χ1v) is 9.29. The van der Waals surface area contributed by atoms with Gasteiger partial charge in [-0.25, -0.2) is 4.98 Å². The molecule has 1 aromatic carbocycles. The van der Waals surface area contributed by atoms with Gasteiger partial charge in [-0.3, -0.25) is 9.59 Å². The highest BCUT2D eigenvalue weighted by atomic mass is 16.5. The molecule has 27 heavy (non-hydrogen) atoms. The normalized spacial score (nSPS) is 11.1. The smallest absolute Gasteiger partial charge is 0.306 e.